The maximum atomic E-state index is 13.7. The average molecular weight is 471 g/mol. The van der Waals surface area contributed by atoms with E-state index in [1.165, 1.54) is 6.42 Å². The zero-order valence-corrected chi connectivity index (χ0v) is 19.3. The van der Waals surface area contributed by atoms with Gasteiger partial charge in [-0.15, -0.1) is 0 Å². The van der Waals surface area contributed by atoms with E-state index in [1.807, 2.05) is 30.3 Å². The molecule has 0 aliphatic heterocycles. The van der Waals surface area contributed by atoms with Crippen molar-refractivity contribution in [2.24, 2.45) is 0 Å². The van der Waals surface area contributed by atoms with Crippen LogP contribution in [0.1, 0.15) is 63.0 Å². The smallest absolute Gasteiger partial charge is 0.421 e. The lowest BCUT2D eigenvalue weighted by molar-refractivity contribution is -0.137. The molecule has 1 aliphatic carbocycles. The van der Waals surface area contributed by atoms with E-state index < -0.39 is 11.7 Å². The molecule has 1 fully saturated rings. The molecule has 2 aromatic carbocycles. The summed E-state index contributed by atoms with van der Waals surface area (Å²) in [6.45, 7) is 4.18. The van der Waals surface area contributed by atoms with Gasteiger partial charge in [0.2, 0.25) is 5.95 Å². The lowest BCUT2D eigenvalue weighted by atomic mass is 9.98. The van der Waals surface area contributed by atoms with Gasteiger partial charge in [-0.3, -0.25) is 0 Å². The Labute approximate surface area is 197 Å². The third kappa shape index (κ3) is 5.98. The molecule has 1 heterocycles. The first kappa shape index (κ1) is 23.9. The number of hydrogen-bond acceptors (Lipinski definition) is 5. The molecule has 0 unspecified atom stereocenters. The number of hydrogen-bond donors (Lipinski definition) is 2. The van der Waals surface area contributed by atoms with Crippen molar-refractivity contribution >= 4 is 23.1 Å². The fourth-order valence-electron chi connectivity index (χ4n) is 3.99. The molecule has 2 N–H and O–H groups in total. The van der Waals surface area contributed by atoms with E-state index in [-0.39, 0.29) is 17.9 Å². The van der Waals surface area contributed by atoms with Gasteiger partial charge in [0.05, 0.1) is 11.8 Å². The number of halogens is 3. The number of para-hydroxylation sites is 2. The Kier molecular flexibility index (Phi) is 7.24. The summed E-state index contributed by atoms with van der Waals surface area (Å²) in [4.78, 5) is 8.07. The number of nitrogens with one attached hydrogen (secondary N) is 2. The van der Waals surface area contributed by atoms with Crippen molar-refractivity contribution in [1.29, 1.82) is 0 Å². The SMILES string of the molecule is CC(C)c1ccc(Nc2ncc(C(F)(F)F)c(Nc3ccccc3OC3CCCCC3)n2)cc1. The second kappa shape index (κ2) is 10.3. The van der Waals surface area contributed by atoms with Crippen molar-refractivity contribution in [3.8, 4) is 5.75 Å². The normalized spacial score (nSPS) is 14.8. The van der Waals surface area contributed by atoms with Crippen LogP contribution in [0.2, 0.25) is 0 Å². The third-order valence-corrected chi connectivity index (χ3v) is 5.91. The van der Waals surface area contributed by atoms with Crippen molar-refractivity contribution in [3.63, 3.8) is 0 Å². The van der Waals surface area contributed by atoms with Crippen LogP contribution in [0.5, 0.6) is 5.75 Å². The van der Waals surface area contributed by atoms with Crippen LogP contribution in [0.4, 0.5) is 36.3 Å². The Bertz CT molecular complexity index is 1090. The van der Waals surface area contributed by atoms with Gasteiger partial charge in [-0.05, 0) is 61.4 Å². The fraction of sp³-hybridized carbons (Fsp3) is 0.385. The number of benzene rings is 2. The molecule has 0 atom stereocenters. The molecule has 3 aromatic rings. The Balaban J connectivity index is 1.60. The van der Waals surface area contributed by atoms with Gasteiger partial charge in [-0.2, -0.15) is 18.2 Å². The van der Waals surface area contributed by atoms with Gasteiger partial charge in [0.25, 0.3) is 0 Å². The van der Waals surface area contributed by atoms with E-state index in [0.717, 1.165) is 37.4 Å². The van der Waals surface area contributed by atoms with Crippen LogP contribution < -0.4 is 15.4 Å². The molecular weight excluding hydrogens is 441 g/mol. The molecule has 1 aromatic heterocycles. The summed E-state index contributed by atoms with van der Waals surface area (Å²) >= 11 is 0. The summed E-state index contributed by atoms with van der Waals surface area (Å²) in [6, 6.07) is 14.7. The van der Waals surface area contributed by atoms with Crippen molar-refractivity contribution in [1.82, 2.24) is 9.97 Å². The summed E-state index contributed by atoms with van der Waals surface area (Å²) in [5.41, 5.74) is 1.34. The first-order chi connectivity index (χ1) is 16.3. The topological polar surface area (TPSA) is 59.1 Å². The minimum atomic E-state index is -4.61. The number of ether oxygens (including phenoxy) is 1. The molecule has 180 valence electrons. The fourth-order valence-corrected chi connectivity index (χ4v) is 3.99. The van der Waals surface area contributed by atoms with Crippen molar-refractivity contribution in [2.75, 3.05) is 10.6 Å². The maximum absolute atomic E-state index is 13.7. The molecule has 34 heavy (non-hydrogen) atoms. The van der Waals surface area contributed by atoms with E-state index in [9.17, 15) is 13.2 Å². The predicted molar refractivity (Wildman–Crippen MR) is 128 cm³/mol. The van der Waals surface area contributed by atoms with Gasteiger partial charge in [0.15, 0.2) is 0 Å². The molecular formula is C26H29F3N4O. The number of alkyl halides is 3. The summed E-state index contributed by atoms with van der Waals surface area (Å²) in [5, 5.41) is 5.85. The second-order valence-electron chi connectivity index (χ2n) is 8.85. The Morgan fingerprint density at radius 3 is 2.32 bits per heavy atom. The van der Waals surface area contributed by atoms with Crippen LogP contribution in [0.15, 0.2) is 54.7 Å². The summed E-state index contributed by atoms with van der Waals surface area (Å²) in [6.07, 6.45) is 1.51. The molecule has 0 saturated heterocycles. The predicted octanol–water partition coefficient (Wildman–Crippen LogP) is 7.82. The van der Waals surface area contributed by atoms with E-state index in [1.54, 1.807) is 18.2 Å². The zero-order valence-electron chi connectivity index (χ0n) is 19.3. The van der Waals surface area contributed by atoms with Gasteiger partial charge >= 0.3 is 6.18 Å². The summed E-state index contributed by atoms with van der Waals surface area (Å²) in [5.74, 6) is 0.630. The standard InChI is InChI=1S/C26H29F3N4O/c1-17(2)18-12-14-19(15-13-18)31-25-30-16-21(26(27,28)29)24(33-25)32-22-10-6-7-11-23(22)34-20-8-4-3-5-9-20/h6-7,10-17,20H,3-5,8-9H2,1-2H3,(H2,30,31,32,33). The Morgan fingerprint density at radius 2 is 1.65 bits per heavy atom. The highest BCUT2D eigenvalue weighted by Crippen LogP contribution is 2.37. The van der Waals surface area contributed by atoms with Crippen molar-refractivity contribution in [3.05, 3.63) is 65.9 Å². The van der Waals surface area contributed by atoms with Crippen LogP contribution in [0.25, 0.3) is 0 Å². The Morgan fingerprint density at radius 1 is 0.941 bits per heavy atom. The second-order valence-corrected chi connectivity index (χ2v) is 8.85. The van der Waals surface area contributed by atoms with Gasteiger partial charge < -0.3 is 15.4 Å². The van der Waals surface area contributed by atoms with E-state index >= 15 is 0 Å². The van der Waals surface area contributed by atoms with E-state index in [0.29, 0.717) is 23.0 Å². The van der Waals surface area contributed by atoms with Crippen molar-refractivity contribution < 1.29 is 17.9 Å². The molecule has 8 heteroatoms. The van der Waals surface area contributed by atoms with Gasteiger partial charge in [-0.1, -0.05) is 44.5 Å². The monoisotopic (exact) mass is 470 g/mol. The van der Waals surface area contributed by atoms with Crippen LogP contribution in [0, 0.1) is 0 Å². The molecule has 4 rings (SSSR count). The van der Waals surface area contributed by atoms with Gasteiger partial charge in [0.1, 0.15) is 17.1 Å². The van der Waals surface area contributed by atoms with Crippen LogP contribution in [-0.4, -0.2) is 16.1 Å². The molecule has 0 amide bonds. The zero-order chi connectivity index (χ0) is 24.1. The molecule has 0 spiro atoms. The lowest BCUT2D eigenvalue weighted by Crippen LogP contribution is -2.20. The molecule has 0 radical (unpaired) electrons. The molecule has 1 saturated carbocycles. The highest BCUT2D eigenvalue weighted by Gasteiger charge is 2.35. The largest absolute Gasteiger partial charge is 0.488 e. The molecule has 0 bridgehead atoms. The first-order valence-electron chi connectivity index (χ1n) is 11.6. The highest BCUT2D eigenvalue weighted by molar-refractivity contribution is 5.67. The van der Waals surface area contributed by atoms with Crippen molar-refractivity contribution in [2.45, 2.75) is 64.1 Å². The van der Waals surface area contributed by atoms with Gasteiger partial charge in [0, 0.05) is 11.9 Å². The summed E-state index contributed by atoms with van der Waals surface area (Å²) < 4.78 is 47.3. The van der Waals surface area contributed by atoms with Crippen LogP contribution in [0.3, 0.4) is 0 Å². The van der Waals surface area contributed by atoms with E-state index in [4.69, 9.17) is 4.74 Å². The number of nitrogens with zero attached hydrogens (tertiary/aromatic N) is 2. The lowest BCUT2D eigenvalue weighted by Gasteiger charge is -2.24. The minimum Gasteiger partial charge on any atom is -0.488 e. The number of rotatable bonds is 7. The quantitative estimate of drug-likeness (QED) is 0.369. The molecule has 5 nitrogen and oxygen atoms in total. The number of aromatic nitrogens is 2. The Hall–Kier alpha value is -3.29. The minimum absolute atomic E-state index is 0.0650. The molecule has 1 aliphatic rings. The number of anilines is 4. The van der Waals surface area contributed by atoms with Crippen LogP contribution in [-0.2, 0) is 6.18 Å². The summed E-state index contributed by atoms with van der Waals surface area (Å²) in [7, 11) is 0. The van der Waals surface area contributed by atoms with E-state index in [2.05, 4.69) is 34.4 Å². The average Bonchev–Trinajstić information content (AvgIpc) is 2.81. The third-order valence-electron chi connectivity index (χ3n) is 5.91. The first-order valence-corrected chi connectivity index (χ1v) is 11.6. The maximum Gasteiger partial charge on any atom is 0.421 e. The van der Waals surface area contributed by atoms with Gasteiger partial charge in [-0.25, -0.2) is 4.98 Å². The van der Waals surface area contributed by atoms with Crippen LogP contribution >= 0.6 is 0 Å². The highest BCUT2D eigenvalue weighted by atomic mass is 19.4.